The average molecular weight is 195 g/mol. The third kappa shape index (κ3) is 2.47. The zero-order valence-electron chi connectivity index (χ0n) is 8.96. The highest BCUT2D eigenvalue weighted by Crippen LogP contribution is 2.22. The van der Waals surface area contributed by atoms with Gasteiger partial charge in [0, 0.05) is 19.2 Å². The van der Waals surface area contributed by atoms with Crippen molar-refractivity contribution >= 4 is 0 Å². The topological polar surface area (TPSA) is 30.5 Å². The average Bonchev–Trinajstić information content (AvgIpc) is 2.21. The maximum Gasteiger partial charge on any atom is 0.123 e. The van der Waals surface area contributed by atoms with Gasteiger partial charge in [-0.15, -0.1) is 0 Å². The number of benzene rings is 1. The Bertz CT molecular complexity index is 287. The van der Waals surface area contributed by atoms with Gasteiger partial charge in [0.1, 0.15) is 5.75 Å². The Kier molecular flexibility index (Phi) is 4.43. The van der Waals surface area contributed by atoms with Crippen molar-refractivity contribution in [1.82, 2.24) is 5.32 Å². The molecule has 1 aromatic rings. The molecule has 0 spiro atoms. The molecular weight excluding hydrogens is 178 g/mol. The first-order valence-electron chi connectivity index (χ1n) is 4.61. The van der Waals surface area contributed by atoms with Crippen LogP contribution >= 0.6 is 0 Å². The van der Waals surface area contributed by atoms with Gasteiger partial charge in [0.25, 0.3) is 0 Å². The van der Waals surface area contributed by atoms with Crippen molar-refractivity contribution in [3.63, 3.8) is 0 Å². The van der Waals surface area contributed by atoms with E-state index in [1.807, 2.05) is 19.2 Å². The van der Waals surface area contributed by atoms with Crippen LogP contribution in [0.5, 0.6) is 5.75 Å². The fourth-order valence-electron chi connectivity index (χ4n) is 1.47. The van der Waals surface area contributed by atoms with Crippen LogP contribution in [0.3, 0.4) is 0 Å². The van der Waals surface area contributed by atoms with E-state index in [-0.39, 0.29) is 0 Å². The predicted molar refractivity (Wildman–Crippen MR) is 56.5 cm³/mol. The van der Waals surface area contributed by atoms with Crippen LogP contribution in [0.2, 0.25) is 0 Å². The summed E-state index contributed by atoms with van der Waals surface area (Å²) in [6, 6.07) is 6.00. The molecule has 0 aliphatic rings. The second kappa shape index (κ2) is 5.62. The van der Waals surface area contributed by atoms with Crippen LogP contribution in [0.1, 0.15) is 11.1 Å². The quantitative estimate of drug-likeness (QED) is 0.773. The summed E-state index contributed by atoms with van der Waals surface area (Å²) in [5, 5.41) is 3.12. The lowest BCUT2D eigenvalue weighted by molar-refractivity contribution is 0.183. The molecule has 78 valence electrons. The van der Waals surface area contributed by atoms with Crippen LogP contribution in [0.4, 0.5) is 0 Å². The minimum atomic E-state index is 0.619. The Balaban J connectivity index is 3.00. The number of hydrogen-bond acceptors (Lipinski definition) is 3. The van der Waals surface area contributed by atoms with E-state index in [0.717, 1.165) is 12.3 Å². The number of methoxy groups -OCH3 is 2. The van der Waals surface area contributed by atoms with E-state index in [2.05, 4.69) is 11.4 Å². The third-order valence-electron chi connectivity index (χ3n) is 2.10. The van der Waals surface area contributed by atoms with Crippen LogP contribution in [0.15, 0.2) is 18.2 Å². The van der Waals surface area contributed by atoms with Gasteiger partial charge >= 0.3 is 0 Å². The lowest BCUT2D eigenvalue weighted by atomic mass is 10.1. The largest absolute Gasteiger partial charge is 0.496 e. The minimum Gasteiger partial charge on any atom is -0.496 e. The molecule has 0 fully saturated rings. The number of rotatable bonds is 5. The molecule has 0 atom stereocenters. The maximum absolute atomic E-state index is 5.29. The molecule has 14 heavy (non-hydrogen) atoms. The van der Waals surface area contributed by atoms with E-state index in [0.29, 0.717) is 6.61 Å². The normalized spacial score (nSPS) is 10.2. The van der Waals surface area contributed by atoms with Gasteiger partial charge in [-0.2, -0.15) is 0 Å². The smallest absolute Gasteiger partial charge is 0.123 e. The summed E-state index contributed by atoms with van der Waals surface area (Å²) in [6.07, 6.45) is 0. The van der Waals surface area contributed by atoms with Gasteiger partial charge in [-0.3, -0.25) is 0 Å². The molecule has 0 unspecified atom stereocenters. The monoisotopic (exact) mass is 195 g/mol. The Morgan fingerprint density at radius 2 is 2.07 bits per heavy atom. The molecule has 0 aliphatic carbocycles. The molecule has 1 aromatic carbocycles. The third-order valence-corrected chi connectivity index (χ3v) is 2.10. The van der Waals surface area contributed by atoms with Crippen molar-refractivity contribution < 1.29 is 9.47 Å². The highest BCUT2D eigenvalue weighted by Gasteiger charge is 2.07. The molecule has 0 aromatic heterocycles. The SMILES string of the molecule is CNCc1c(COC)cccc1OC. The van der Waals surface area contributed by atoms with Gasteiger partial charge in [0.2, 0.25) is 0 Å². The lowest BCUT2D eigenvalue weighted by Crippen LogP contribution is -2.09. The van der Waals surface area contributed by atoms with E-state index >= 15 is 0 Å². The van der Waals surface area contributed by atoms with Crippen LogP contribution in [-0.2, 0) is 17.9 Å². The molecule has 1 rings (SSSR count). The van der Waals surface area contributed by atoms with Crippen molar-refractivity contribution in [2.75, 3.05) is 21.3 Å². The number of nitrogens with one attached hydrogen (secondary N) is 1. The van der Waals surface area contributed by atoms with Crippen LogP contribution in [0.25, 0.3) is 0 Å². The summed E-state index contributed by atoms with van der Waals surface area (Å²) < 4.78 is 10.4. The lowest BCUT2D eigenvalue weighted by Gasteiger charge is -2.12. The van der Waals surface area contributed by atoms with Crippen molar-refractivity contribution in [2.45, 2.75) is 13.2 Å². The maximum atomic E-state index is 5.29. The van der Waals surface area contributed by atoms with Crippen molar-refractivity contribution in [3.8, 4) is 5.75 Å². The summed E-state index contributed by atoms with van der Waals surface area (Å²) >= 11 is 0. The highest BCUT2D eigenvalue weighted by atomic mass is 16.5. The molecule has 0 heterocycles. The first-order valence-corrected chi connectivity index (χ1v) is 4.61. The van der Waals surface area contributed by atoms with Gasteiger partial charge in [-0.1, -0.05) is 12.1 Å². The molecule has 3 heteroatoms. The van der Waals surface area contributed by atoms with E-state index in [4.69, 9.17) is 9.47 Å². The van der Waals surface area contributed by atoms with E-state index in [1.165, 1.54) is 11.1 Å². The molecule has 0 bridgehead atoms. The highest BCUT2D eigenvalue weighted by molar-refractivity contribution is 5.39. The molecule has 0 amide bonds. The molecule has 0 aliphatic heterocycles. The first-order chi connectivity index (χ1) is 6.83. The molecule has 0 saturated heterocycles. The van der Waals surface area contributed by atoms with Gasteiger partial charge in [-0.25, -0.2) is 0 Å². The summed E-state index contributed by atoms with van der Waals surface area (Å²) in [5.41, 5.74) is 2.33. The van der Waals surface area contributed by atoms with Crippen LogP contribution in [0, 0.1) is 0 Å². The first kappa shape index (κ1) is 11.0. The van der Waals surface area contributed by atoms with Gasteiger partial charge < -0.3 is 14.8 Å². The van der Waals surface area contributed by atoms with Gasteiger partial charge in [0.05, 0.1) is 13.7 Å². The molecule has 0 radical (unpaired) electrons. The number of hydrogen-bond donors (Lipinski definition) is 1. The molecular formula is C11H17NO2. The van der Waals surface area contributed by atoms with Crippen molar-refractivity contribution in [1.29, 1.82) is 0 Å². The molecule has 1 N–H and O–H groups in total. The van der Waals surface area contributed by atoms with E-state index in [1.54, 1.807) is 14.2 Å². The second-order valence-electron chi connectivity index (χ2n) is 3.06. The number of ether oxygens (including phenoxy) is 2. The molecule has 3 nitrogen and oxygen atoms in total. The van der Waals surface area contributed by atoms with Crippen LogP contribution < -0.4 is 10.1 Å². The Hall–Kier alpha value is -1.06. The van der Waals surface area contributed by atoms with Gasteiger partial charge in [-0.05, 0) is 18.7 Å². The summed E-state index contributed by atoms with van der Waals surface area (Å²) in [5.74, 6) is 0.911. The summed E-state index contributed by atoms with van der Waals surface area (Å²) in [6.45, 7) is 1.41. The zero-order chi connectivity index (χ0) is 10.4. The predicted octanol–water partition coefficient (Wildman–Crippen LogP) is 1.56. The van der Waals surface area contributed by atoms with Crippen molar-refractivity contribution in [3.05, 3.63) is 29.3 Å². The van der Waals surface area contributed by atoms with Gasteiger partial charge in [0.15, 0.2) is 0 Å². The van der Waals surface area contributed by atoms with E-state index in [9.17, 15) is 0 Å². The second-order valence-corrected chi connectivity index (χ2v) is 3.06. The summed E-state index contributed by atoms with van der Waals surface area (Å²) in [4.78, 5) is 0. The summed E-state index contributed by atoms with van der Waals surface area (Å²) in [7, 11) is 5.30. The van der Waals surface area contributed by atoms with Crippen LogP contribution in [-0.4, -0.2) is 21.3 Å². The van der Waals surface area contributed by atoms with E-state index < -0.39 is 0 Å². The zero-order valence-corrected chi connectivity index (χ0v) is 8.96. The van der Waals surface area contributed by atoms with Crippen molar-refractivity contribution in [2.24, 2.45) is 0 Å². The minimum absolute atomic E-state index is 0.619. The Labute approximate surface area is 85.0 Å². The standard InChI is InChI=1S/C11H17NO2/c1-12-7-10-9(8-13-2)5-4-6-11(10)14-3/h4-6,12H,7-8H2,1-3H3. The fraction of sp³-hybridized carbons (Fsp3) is 0.455. The molecule has 0 saturated carbocycles. The Morgan fingerprint density at radius 1 is 1.29 bits per heavy atom. The fourth-order valence-corrected chi connectivity index (χ4v) is 1.47. The Morgan fingerprint density at radius 3 is 2.64 bits per heavy atom.